The zero-order valence-electron chi connectivity index (χ0n) is 14.5. The fraction of sp³-hybridized carbons (Fsp3) is 0.667. The molecule has 2 heterocycles. The maximum absolute atomic E-state index is 5.73. The Balaban J connectivity index is 1.74. The van der Waals surface area contributed by atoms with E-state index in [1.54, 1.807) is 14.2 Å². The maximum atomic E-state index is 5.73. The van der Waals surface area contributed by atoms with Crippen molar-refractivity contribution in [3.05, 3.63) is 23.8 Å². The molecule has 128 valence electrons. The van der Waals surface area contributed by atoms with Gasteiger partial charge < -0.3 is 14.2 Å². The number of nitrogens with zero attached hydrogens (tertiary/aromatic N) is 2. The Morgan fingerprint density at radius 2 is 2.09 bits per heavy atom. The molecule has 0 bridgehead atoms. The Bertz CT molecular complexity index is 523. The standard InChI is InChI=1S/C18H28N2O3/c1-14-10-19-8-4-5-16(19)12-20(14)11-15-9-17(22-3)6-7-18(15)23-13-21-2/h6-7,9,14,16H,4-5,8,10-13H2,1-3H3/t14-,16-/m1/s1. The number of piperazine rings is 1. The van der Waals surface area contributed by atoms with Crippen molar-refractivity contribution in [1.29, 1.82) is 0 Å². The molecular weight excluding hydrogens is 292 g/mol. The summed E-state index contributed by atoms with van der Waals surface area (Å²) in [5.41, 5.74) is 1.17. The molecule has 5 nitrogen and oxygen atoms in total. The van der Waals surface area contributed by atoms with Gasteiger partial charge in [0.25, 0.3) is 0 Å². The summed E-state index contributed by atoms with van der Waals surface area (Å²) in [5, 5.41) is 0. The Kier molecular flexibility index (Phi) is 5.41. The average Bonchev–Trinajstić information content (AvgIpc) is 3.01. The minimum absolute atomic E-state index is 0.269. The van der Waals surface area contributed by atoms with Crippen LogP contribution in [0.15, 0.2) is 18.2 Å². The van der Waals surface area contributed by atoms with E-state index < -0.39 is 0 Å². The van der Waals surface area contributed by atoms with Gasteiger partial charge in [0.2, 0.25) is 0 Å². The van der Waals surface area contributed by atoms with E-state index in [9.17, 15) is 0 Å². The van der Waals surface area contributed by atoms with Gasteiger partial charge in [0.05, 0.1) is 7.11 Å². The normalized spacial score (nSPS) is 25.3. The molecule has 1 aromatic rings. The molecule has 2 aliphatic heterocycles. The number of hydrogen-bond donors (Lipinski definition) is 0. The summed E-state index contributed by atoms with van der Waals surface area (Å²) in [6, 6.07) is 7.28. The van der Waals surface area contributed by atoms with Crippen LogP contribution in [0.3, 0.4) is 0 Å². The lowest BCUT2D eigenvalue weighted by Gasteiger charge is -2.42. The molecule has 2 saturated heterocycles. The summed E-state index contributed by atoms with van der Waals surface area (Å²) >= 11 is 0. The van der Waals surface area contributed by atoms with Gasteiger partial charge in [-0.15, -0.1) is 0 Å². The molecule has 23 heavy (non-hydrogen) atoms. The minimum Gasteiger partial charge on any atom is -0.497 e. The van der Waals surface area contributed by atoms with Crippen LogP contribution in [0.25, 0.3) is 0 Å². The van der Waals surface area contributed by atoms with Crippen LogP contribution in [-0.4, -0.2) is 62.5 Å². The van der Waals surface area contributed by atoms with Gasteiger partial charge in [-0.3, -0.25) is 9.80 Å². The molecule has 0 radical (unpaired) electrons. The summed E-state index contributed by atoms with van der Waals surface area (Å²) in [5.74, 6) is 1.76. The van der Waals surface area contributed by atoms with Crippen LogP contribution in [0.5, 0.6) is 11.5 Å². The largest absolute Gasteiger partial charge is 0.497 e. The lowest BCUT2D eigenvalue weighted by atomic mass is 10.1. The van der Waals surface area contributed by atoms with Crippen LogP contribution < -0.4 is 9.47 Å². The predicted octanol–water partition coefficient (Wildman–Crippen LogP) is 2.35. The highest BCUT2D eigenvalue weighted by molar-refractivity contribution is 5.40. The lowest BCUT2D eigenvalue weighted by Crippen LogP contribution is -2.54. The van der Waals surface area contributed by atoms with Gasteiger partial charge in [-0.2, -0.15) is 0 Å². The van der Waals surface area contributed by atoms with E-state index in [4.69, 9.17) is 14.2 Å². The van der Waals surface area contributed by atoms with E-state index in [-0.39, 0.29) is 6.79 Å². The van der Waals surface area contributed by atoms with E-state index in [2.05, 4.69) is 22.8 Å². The van der Waals surface area contributed by atoms with Crippen molar-refractivity contribution in [1.82, 2.24) is 9.80 Å². The number of ether oxygens (including phenoxy) is 3. The Morgan fingerprint density at radius 3 is 2.87 bits per heavy atom. The third kappa shape index (κ3) is 3.79. The maximum Gasteiger partial charge on any atom is 0.188 e. The summed E-state index contributed by atoms with van der Waals surface area (Å²) < 4.78 is 16.2. The fourth-order valence-corrected chi connectivity index (χ4v) is 3.76. The first-order valence-electron chi connectivity index (χ1n) is 8.48. The quantitative estimate of drug-likeness (QED) is 0.752. The number of rotatable bonds is 6. The highest BCUT2D eigenvalue weighted by atomic mass is 16.7. The van der Waals surface area contributed by atoms with Gasteiger partial charge in [-0.25, -0.2) is 0 Å². The second-order valence-electron chi connectivity index (χ2n) is 6.59. The molecule has 0 saturated carbocycles. The molecular formula is C18H28N2O3. The van der Waals surface area contributed by atoms with E-state index >= 15 is 0 Å². The third-order valence-electron chi connectivity index (χ3n) is 5.04. The first-order valence-corrected chi connectivity index (χ1v) is 8.48. The average molecular weight is 320 g/mol. The van der Waals surface area contributed by atoms with E-state index in [1.807, 2.05) is 12.1 Å². The molecule has 0 aromatic heterocycles. The minimum atomic E-state index is 0.269. The Hall–Kier alpha value is -1.30. The molecule has 2 fully saturated rings. The molecule has 2 atom stereocenters. The molecule has 3 rings (SSSR count). The Labute approximate surface area is 139 Å². The summed E-state index contributed by atoms with van der Waals surface area (Å²) in [6.45, 7) is 7.06. The second-order valence-corrected chi connectivity index (χ2v) is 6.59. The van der Waals surface area contributed by atoms with E-state index in [0.717, 1.165) is 30.6 Å². The van der Waals surface area contributed by atoms with E-state index in [0.29, 0.717) is 6.04 Å². The van der Waals surface area contributed by atoms with Crippen LogP contribution in [0.1, 0.15) is 25.3 Å². The zero-order chi connectivity index (χ0) is 16.2. The van der Waals surface area contributed by atoms with Crippen LogP contribution >= 0.6 is 0 Å². The Morgan fingerprint density at radius 1 is 1.22 bits per heavy atom. The molecule has 2 aliphatic rings. The van der Waals surface area contributed by atoms with Crippen LogP contribution in [0.2, 0.25) is 0 Å². The van der Waals surface area contributed by atoms with Gasteiger partial charge in [0, 0.05) is 44.4 Å². The van der Waals surface area contributed by atoms with Gasteiger partial charge in [-0.05, 0) is 44.5 Å². The molecule has 5 heteroatoms. The molecule has 0 N–H and O–H groups in total. The van der Waals surface area contributed by atoms with Crippen molar-refractivity contribution in [3.8, 4) is 11.5 Å². The van der Waals surface area contributed by atoms with Crippen molar-refractivity contribution in [3.63, 3.8) is 0 Å². The smallest absolute Gasteiger partial charge is 0.188 e. The number of benzene rings is 1. The van der Waals surface area contributed by atoms with Crippen LogP contribution in [-0.2, 0) is 11.3 Å². The van der Waals surface area contributed by atoms with Gasteiger partial charge in [0.1, 0.15) is 11.5 Å². The third-order valence-corrected chi connectivity index (χ3v) is 5.04. The van der Waals surface area contributed by atoms with Crippen LogP contribution in [0.4, 0.5) is 0 Å². The van der Waals surface area contributed by atoms with Crippen molar-refractivity contribution in [2.45, 2.75) is 38.4 Å². The first kappa shape index (κ1) is 16.6. The molecule has 0 unspecified atom stereocenters. The van der Waals surface area contributed by atoms with Crippen molar-refractivity contribution < 1.29 is 14.2 Å². The summed E-state index contributed by atoms with van der Waals surface area (Å²) in [6.07, 6.45) is 2.67. The molecule has 1 aromatic carbocycles. The fourth-order valence-electron chi connectivity index (χ4n) is 3.76. The monoisotopic (exact) mass is 320 g/mol. The highest BCUT2D eigenvalue weighted by Gasteiger charge is 2.34. The summed E-state index contributed by atoms with van der Waals surface area (Å²) in [4.78, 5) is 5.22. The van der Waals surface area contributed by atoms with Crippen molar-refractivity contribution in [2.24, 2.45) is 0 Å². The number of hydrogen-bond acceptors (Lipinski definition) is 5. The van der Waals surface area contributed by atoms with Gasteiger partial charge >= 0.3 is 0 Å². The summed E-state index contributed by atoms with van der Waals surface area (Å²) in [7, 11) is 3.35. The zero-order valence-corrected chi connectivity index (χ0v) is 14.5. The number of methoxy groups -OCH3 is 2. The van der Waals surface area contributed by atoms with E-state index in [1.165, 1.54) is 31.5 Å². The van der Waals surface area contributed by atoms with Gasteiger partial charge in [-0.1, -0.05) is 0 Å². The van der Waals surface area contributed by atoms with Crippen molar-refractivity contribution in [2.75, 3.05) is 40.6 Å². The van der Waals surface area contributed by atoms with Gasteiger partial charge in [0.15, 0.2) is 6.79 Å². The number of fused-ring (bicyclic) bond motifs is 1. The topological polar surface area (TPSA) is 34.2 Å². The second kappa shape index (κ2) is 7.51. The highest BCUT2D eigenvalue weighted by Crippen LogP contribution is 2.30. The van der Waals surface area contributed by atoms with Crippen LogP contribution in [0, 0.1) is 0 Å². The predicted molar refractivity (Wildman–Crippen MR) is 90.0 cm³/mol. The molecule has 0 amide bonds. The van der Waals surface area contributed by atoms with Crippen molar-refractivity contribution >= 4 is 0 Å². The molecule has 0 aliphatic carbocycles. The molecule has 0 spiro atoms. The first-order chi connectivity index (χ1) is 11.2. The lowest BCUT2D eigenvalue weighted by molar-refractivity contribution is 0.0426. The SMILES string of the molecule is COCOc1ccc(OC)cc1CN1C[C@H]2CCCN2C[C@H]1C.